The Morgan fingerprint density at radius 3 is 2.71 bits per heavy atom. The Kier molecular flexibility index (Phi) is 4.05. The Morgan fingerprint density at radius 2 is 1.94 bits per heavy atom. The first-order chi connectivity index (χ1) is 15.0. The van der Waals surface area contributed by atoms with E-state index in [9.17, 15) is 14.3 Å². The van der Waals surface area contributed by atoms with Gasteiger partial charge in [-0.15, -0.1) is 0 Å². The van der Waals surface area contributed by atoms with Crippen LogP contribution in [0, 0.1) is 23.6 Å². The van der Waals surface area contributed by atoms with Gasteiger partial charge in [0.25, 0.3) is 0 Å². The predicted molar refractivity (Wildman–Crippen MR) is 111 cm³/mol. The fourth-order valence-electron chi connectivity index (χ4n) is 5.55. The lowest BCUT2D eigenvalue weighted by Gasteiger charge is -2.47. The first-order valence-electron chi connectivity index (χ1n) is 10.3. The van der Waals surface area contributed by atoms with E-state index in [4.69, 9.17) is 11.6 Å². The summed E-state index contributed by atoms with van der Waals surface area (Å²) in [7, 11) is 0. The average Bonchev–Trinajstić information content (AvgIpc) is 3.34. The highest BCUT2D eigenvalue weighted by atomic mass is 35.5. The van der Waals surface area contributed by atoms with Gasteiger partial charge in [0.05, 0.1) is 27.8 Å². The van der Waals surface area contributed by atoms with Crippen LogP contribution < -0.4 is 0 Å². The molecule has 2 atom stereocenters. The Morgan fingerprint density at radius 1 is 1.16 bits per heavy atom. The molecule has 0 saturated heterocycles. The minimum atomic E-state index is -0.823. The molecule has 31 heavy (non-hydrogen) atoms. The Labute approximate surface area is 180 Å². The Hall–Kier alpha value is -3.07. The van der Waals surface area contributed by atoms with Gasteiger partial charge in [-0.3, -0.25) is 9.89 Å². The first kappa shape index (κ1) is 18.7. The summed E-state index contributed by atoms with van der Waals surface area (Å²) in [5.41, 5.74) is 1.39. The van der Waals surface area contributed by atoms with Crippen molar-refractivity contribution < 1.29 is 14.3 Å². The van der Waals surface area contributed by atoms with Gasteiger partial charge in [-0.05, 0) is 43.6 Å². The number of nitrogens with zero attached hydrogens (tertiary/aromatic N) is 5. The fraction of sp³-hybridized carbons (Fsp3) is 0.381. The third-order valence-electron chi connectivity index (χ3n) is 6.90. The minimum Gasteiger partial charge on any atom is -0.481 e. The van der Waals surface area contributed by atoms with Crippen LogP contribution in [0.3, 0.4) is 0 Å². The van der Waals surface area contributed by atoms with Crippen molar-refractivity contribution in [2.24, 2.45) is 17.8 Å². The molecule has 10 heteroatoms. The molecule has 3 aliphatic carbocycles. The number of carbonyl (C=O) groups is 1. The molecule has 0 amide bonds. The fourth-order valence-corrected chi connectivity index (χ4v) is 5.71. The molecule has 2 bridgehead atoms. The molecule has 0 radical (unpaired) electrons. The smallest absolute Gasteiger partial charge is 0.308 e. The summed E-state index contributed by atoms with van der Waals surface area (Å²) >= 11 is 6.09. The zero-order valence-corrected chi connectivity index (χ0v) is 17.1. The molecule has 158 valence electrons. The number of hydrogen-bond donors (Lipinski definition) is 2. The SMILES string of the molecule is O=C(O)[C@H]1C2CCC(CC2)[C@@H]1n1cc(F)c2cnc(-c3[nH]nc4ncc(Cl)cc34)nc21. The third kappa shape index (κ3) is 2.76. The zero-order chi connectivity index (χ0) is 21.3. The summed E-state index contributed by atoms with van der Waals surface area (Å²) in [6.45, 7) is 0. The first-order valence-corrected chi connectivity index (χ1v) is 10.6. The maximum Gasteiger partial charge on any atom is 0.308 e. The molecule has 0 unspecified atom stereocenters. The van der Waals surface area contributed by atoms with E-state index in [1.807, 2.05) is 0 Å². The van der Waals surface area contributed by atoms with E-state index >= 15 is 0 Å². The van der Waals surface area contributed by atoms with Crippen LogP contribution in [0.2, 0.25) is 5.02 Å². The zero-order valence-electron chi connectivity index (χ0n) is 16.3. The normalized spacial score (nSPS) is 25.5. The lowest BCUT2D eigenvalue weighted by atomic mass is 9.61. The predicted octanol–water partition coefficient (Wildman–Crippen LogP) is 4.22. The van der Waals surface area contributed by atoms with Gasteiger partial charge in [-0.1, -0.05) is 11.6 Å². The van der Waals surface area contributed by atoms with E-state index < -0.39 is 17.7 Å². The number of nitrogens with one attached hydrogen (secondary N) is 1. The molecule has 0 spiro atoms. The molecular weight excluding hydrogens is 423 g/mol. The van der Waals surface area contributed by atoms with Crippen molar-refractivity contribution in [3.63, 3.8) is 0 Å². The number of H-pyrrole nitrogens is 1. The van der Waals surface area contributed by atoms with E-state index in [1.165, 1.54) is 18.6 Å². The van der Waals surface area contributed by atoms with E-state index in [0.717, 1.165) is 25.7 Å². The number of aromatic amines is 1. The number of aromatic nitrogens is 6. The number of hydrogen-bond acceptors (Lipinski definition) is 5. The molecule has 3 aliphatic rings. The number of carboxylic acids is 1. The van der Waals surface area contributed by atoms with Gasteiger partial charge < -0.3 is 9.67 Å². The van der Waals surface area contributed by atoms with E-state index in [-0.39, 0.29) is 23.3 Å². The van der Waals surface area contributed by atoms with Crippen molar-refractivity contribution in [2.75, 3.05) is 0 Å². The molecule has 2 N–H and O–H groups in total. The molecule has 3 fully saturated rings. The van der Waals surface area contributed by atoms with Crippen LogP contribution in [0.1, 0.15) is 31.7 Å². The van der Waals surface area contributed by atoms with Crippen LogP contribution in [0.25, 0.3) is 33.6 Å². The van der Waals surface area contributed by atoms with Crippen molar-refractivity contribution in [3.05, 3.63) is 35.5 Å². The van der Waals surface area contributed by atoms with E-state index in [0.29, 0.717) is 33.2 Å². The summed E-state index contributed by atoms with van der Waals surface area (Å²) < 4.78 is 16.5. The molecule has 0 aromatic carbocycles. The summed E-state index contributed by atoms with van der Waals surface area (Å²) in [6, 6.07) is 1.39. The van der Waals surface area contributed by atoms with Gasteiger partial charge in [-0.25, -0.2) is 19.3 Å². The summed E-state index contributed by atoms with van der Waals surface area (Å²) in [5, 5.41) is 18.4. The lowest BCUT2D eigenvalue weighted by molar-refractivity contribution is -0.151. The second-order valence-corrected chi connectivity index (χ2v) is 8.90. The second kappa shape index (κ2) is 6.71. The van der Waals surface area contributed by atoms with Gasteiger partial charge >= 0.3 is 5.97 Å². The summed E-state index contributed by atoms with van der Waals surface area (Å²) in [6.07, 6.45) is 8.05. The quantitative estimate of drug-likeness (QED) is 0.493. The highest BCUT2D eigenvalue weighted by Gasteiger charge is 2.48. The number of carboxylic acid groups (broad SMARTS) is 1. The standard InChI is InChI=1S/C21H18ClFN6O2/c22-11-5-12-16(27-28-18(12)24-6-11)19-25-7-13-14(23)8-29(20(13)26-19)17-10-3-1-9(2-4-10)15(17)21(30)31/h5-10,15,17H,1-4H2,(H,30,31)(H,24,27,28)/t9?,10?,15-,17-/m0/s1. The number of fused-ring (bicyclic) bond motifs is 5. The third-order valence-corrected chi connectivity index (χ3v) is 7.11. The van der Waals surface area contributed by atoms with Crippen LogP contribution >= 0.6 is 11.6 Å². The maximum absolute atomic E-state index is 14.8. The topological polar surface area (TPSA) is 110 Å². The van der Waals surface area contributed by atoms with Gasteiger partial charge in [0.15, 0.2) is 17.3 Å². The van der Waals surface area contributed by atoms with Crippen molar-refractivity contribution >= 4 is 39.6 Å². The van der Waals surface area contributed by atoms with Crippen LogP contribution in [0.5, 0.6) is 0 Å². The van der Waals surface area contributed by atoms with Crippen molar-refractivity contribution in [1.29, 1.82) is 0 Å². The van der Waals surface area contributed by atoms with Gasteiger partial charge in [0.1, 0.15) is 11.3 Å². The molecule has 7 rings (SSSR count). The number of halogens is 2. The van der Waals surface area contributed by atoms with E-state index in [2.05, 4.69) is 25.1 Å². The molecule has 3 saturated carbocycles. The van der Waals surface area contributed by atoms with Gasteiger partial charge in [-0.2, -0.15) is 5.10 Å². The number of rotatable bonds is 3. The molecule has 4 heterocycles. The maximum atomic E-state index is 14.8. The second-order valence-electron chi connectivity index (χ2n) is 8.47. The number of pyridine rings is 1. The molecule has 4 aromatic rings. The van der Waals surface area contributed by atoms with Gasteiger partial charge in [0, 0.05) is 18.6 Å². The lowest BCUT2D eigenvalue weighted by Crippen LogP contribution is -2.44. The average molecular weight is 441 g/mol. The highest BCUT2D eigenvalue weighted by Crippen LogP contribution is 2.52. The Balaban J connectivity index is 1.53. The van der Waals surface area contributed by atoms with E-state index in [1.54, 1.807) is 10.6 Å². The molecule has 4 aromatic heterocycles. The molecule has 8 nitrogen and oxygen atoms in total. The number of aliphatic carboxylic acids is 1. The van der Waals surface area contributed by atoms with Crippen LogP contribution in [0.15, 0.2) is 24.7 Å². The Bertz CT molecular complexity index is 1340. The van der Waals surface area contributed by atoms with Crippen molar-refractivity contribution in [1.82, 2.24) is 29.7 Å². The summed E-state index contributed by atoms with van der Waals surface area (Å²) in [5.74, 6) is -1.19. The minimum absolute atomic E-state index is 0.110. The van der Waals surface area contributed by atoms with Crippen LogP contribution in [-0.2, 0) is 4.79 Å². The van der Waals surface area contributed by atoms with Crippen molar-refractivity contribution in [2.45, 2.75) is 31.7 Å². The monoisotopic (exact) mass is 440 g/mol. The van der Waals surface area contributed by atoms with Gasteiger partial charge in [0.2, 0.25) is 0 Å². The molecule has 0 aliphatic heterocycles. The highest BCUT2D eigenvalue weighted by molar-refractivity contribution is 6.31. The van der Waals surface area contributed by atoms with Crippen LogP contribution in [-0.4, -0.2) is 40.8 Å². The van der Waals surface area contributed by atoms with Crippen LogP contribution in [0.4, 0.5) is 4.39 Å². The van der Waals surface area contributed by atoms with Crippen molar-refractivity contribution in [3.8, 4) is 11.5 Å². The summed E-state index contributed by atoms with van der Waals surface area (Å²) in [4.78, 5) is 25.3. The largest absolute Gasteiger partial charge is 0.481 e. The molecular formula is C21H18ClFN6O2.